The lowest BCUT2D eigenvalue weighted by molar-refractivity contribution is -0.134. The van der Waals surface area contributed by atoms with Crippen LogP contribution in [0.4, 0.5) is 0 Å². The summed E-state index contributed by atoms with van der Waals surface area (Å²) in [5.74, 6) is 1.60. The van der Waals surface area contributed by atoms with Gasteiger partial charge in [0.25, 0.3) is 5.91 Å². The van der Waals surface area contributed by atoms with Crippen LogP contribution in [0.5, 0.6) is 5.75 Å². The third-order valence-corrected chi connectivity index (χ3v) is 4.15. The van der Waals surface area contributed by atoms with Gasteiger partial charge in [-0.25, -0.2) is 0 Å². The standard InChI is InChI=1S/C17H26N2O2.ClH/c1-13-4-5-14(2)16(10-13)21-12-17(20)19-8-6-15(7-9-19)11-18-3;/h4-5,10,15,18H,6-9,11-12H2,1-3H3;1H. The average molecular weight is 327 g/mol. The third-order valence-electron chi connectivity index (χ3n) is 4.15. The van der Waals surface area contributed by atoms with Crippen molar-refractivity contribution in [2.75, 3.05) is 33.3 Å². The molecule has 0 spiro atoms. The number of halogens is 1. The molecular formula is C17H27ClN2O2. The van der Waals surface area contributed by atoms with Gasteiger partial charge in [0.1, 0.15) is 5.75 Å². The highest BCUT2D eigenvalue weighted by molar-refractivity contribution is 5.85. The Bertz CT molecular complexity index is 486. The number of ether oxygens (including phenoxy) is 1. The van der Waals surface area contributed by atoms with Crippen molar-refractivity contribution >= 4 is 18.3 Å². The third kappa shape index (κ3) is 5.18. The van der Waals surface area contributed by atoms with Gasteiger partial charge >= 0.3 is 0 Å². The van der Waals surface area contributed by atoms with Crippen LogP contribution in [-0.4, -0.2) is 44.1 Å². The summed E-state index contributed by atoms with van der Waals surface area (Å²) in [5.41, 5.74) is 2.22. The lowest BCUT2D eigenvalue weighted by Crippen LogP contribution is -2.42. The predicted molar refractivity (Wildman–Crippen MR) is 91.9 cm³/mol. The average Bonchev–Trinajstić information content (AvgIpc) is 2.49. The molecule has 0 aromatic heterocycles. The van der Waals surface area contributed by atoms with E-state index in [1.807, 2.05) is 37.9 Å². The maximum atomic E-state index is 12.2. The van der Waals surface area contributed by atoms with Crippen LogP contribution in [0.3, 0.4) is 0 Å². The van der Waals surface area contributed by atoms with E-state index >= 15 is 0 Å². The second-order valence-corrected chi connectivity index (χ2v) is 5.94. The van der Waals surface area contributed by atoms with E-state index in [1.54, 1.807) is 0 Å². The first-order valence-electron chi connectivity index (χ1n) is 7.72. The maximum Gasteiger partial charge on any atom is 0.260 e. The van der Waals surface area contributed by atoms with E-state index < -0.39 is 0 Å². The number of carbonyl (C=O) groups is 1. The summed E-state index contributed by atoms with van der Waals surface area (Å²) in [6, 6.07) is 6.07. The van der Waals surface area contributed by atoms with Gasteiger partial charge in [-0.3, -0.25) is 4.79 Å². The van der Waals surface area contributed by atoms with Crippen LogP contribution in [0, 0.1) is 19.8 Å². The monoisotopic (exact) mass is 326 g/mol. The van der Waals surface area contributed by atoms with Crippen LogP contribution in [0.1, 0.15) is 24.0 Å². The molecule has 0 bridgehead atoms. The summed E-state index contributed by atoms with van der Waals surface area (Å²) in [5, 5.41) is 3.21. The minimum atomic E-state index is 0. The second kappa shape index (κ2) is 9.01. The fourth-order valence-corrected chi connectivity index (χ4v) is 2.77. The Kier molecular flexibility index (Phi) is 7.69. The Labute approximate surface area is 139 Å². The fourth-order valence-electron chi connectivity index (χ4n) is 2.77. The van der Waals surface area contributed by atoms with Crippen LogP contribution < -0.4 is 10.1 Å². The SMILES string of the molecule is CNCC1CCN(C(=O)COc2cc(C)ccc2C)CC1.Cl. The summed E-state index contributed by atoms with van der Waals surface area (Å²) in [7, 11) is 1.98. The molecule has 0 radical (unpaired) electrons. The molecule has 1 aliphatic rings. The molecule has 1 aromatic carbocycles. The second-order valence-electron chi connectivity index (χ2n) is 5.94. The molecular weight excluding hydrogens is 300 g/mol. The molecule has 1 aliphatic heterocycles. The van der Waals surface area contributed by atoms with Crippen molar-refractivity contribution in [1.82, 2.24) is 10.2 Å². The Morgan fingerprint density at radius 3 is 2.64 bits per heavy atom. The lowest BCUT2D eigenvalue weighted by Gasteiger charge is -2.31. The molecule has 0 unspecified atom stereocenters. The topological polar surface area (TPSA) is 41.6 Å². The predicted octanol–water partition coefficient (Wildman–Crippen LogP) is 2.56. The van der Waals surface area contributed by atoms with Crippen LogP contribution >= 0.6 is 12.4 Å². The number of benzene rings is 1. The zero-order chi connectivity index (χ0) is 15.2. The van der Waals surface area contributed by atoms with Crippen molar-refractivity contribution in [1.29, 1.82) is 0 Å². The van der Waals surface area contributed by atoms with E-state index in [2.05, 4.69) is 11.4 Å². The van der Waals surface area contributed by atoms with E-state index in [0.717, 1.165) is 49.4 Å². The Hall–Kier alpha value is -1.26. The molecule has 4 nitrogen and oxygen atoms in total. The van der Waals surface area contributed by atoms with Gasteiger partial charge in [0.2, 0.25) is 0 Å². The van der Waals surface area contributed by atoms with Crippen LogP contribution in [-0.2, 0) is 4.79 Å². The number of hydrogen-bond acceptors (Lipinski definition) is 3. The molecule has 5 heteroatoms. The first-order valence-corrected chi connectivity index (χ1v) is 7.72. The van der Waals surface area contributed by atoms with Crippen molar-refractivity contribution < 1.29 is 9.53 Å². The Balaban J connectivity index is 0.00000242. The largest absolute Gasteiger partial charge is 0.483 e. The molecule has 1 saturated heterocycles. The molecule has 0 aliphatic carbocycles. The number of piperidine rings is 1. The summed E-state index contributed by atoms with van der Waals surface area (Å²) in [6.45, 7) is 6.91. The van der Waals surface area contributed by atoms with Gasteiger partial charge in [-0.15, -0.1) is 12.4 Å². The Morgan fingerprint density at radius 2 is 2.00 bits per heavy atom. The zero-order valence-corrected chi connectivity index (χ0v) is 14.5. The molecule has 1 fully saturated rings. The highest BCUT2D eigenvalue weighted by Crippen LogP contribution is 2.20. The summed E-state index contributed by atoms with van der Waals surface area (Å²) in [6.07, 6.45) is 2.16. The van der Waals surface area contributed by atoms with E-state index in [0.29, 0.717) is 5.92 Å². The number of aryl methyl sites for hydroxylation is 2. The van der Waals surface area contributed by atoms with Crippen LogP contribution in [0.15, 0.2) is 18.2 Å². The molecule has 1 N–H and O–H groups in total. The van der Waals surface area contributed by atoms with Gasteiger partial charge in [-0.1, -0.05) is 12.1 Å². The molecule has 124 valence electrons. The minimum absolute atomic E-state index is 0. The zero-order valence-electron chi connectivity index (χ0n) is 13.7. The van der Waals surface area contributed by atoms with Gasteiger partial charge < -0.3 is 15.0 Å². The van der Waals surface area contributed by atoms with Gasteiger partial charge in [0.05, 0.1) is 0 Å². The van der Waals surface area contributed by atoms with Crippen LogP contribution in [0.2, 0.25) is 0 Å². The highest BCUT2D eigenvalue weighted by Gasteiger charge is 2.22. The first-order chi connectivity index (χ1) is 10.1. The Morgan fingerprint density at radius 1 is 1.32 bits per heavy atom. The number of likely N-dealkylation sites (tertiary alicyclic amines) is 1. The molecule has 0 saturated carbocycles. The fraction of sp³-hybridized carbons (Fsp3) is 0.588. The number of hydrogen-bond donors (Lipinski definition) is 1. The minimum Gasteiger partial charge on any atom is -0.483 e. The van der Waals surface area contributed by atoms with Crippen molar-refractivity contribution in [3.05, 3.63) is 29.3 Å². The lowest BCUT2D eigenvalue weighted by atomic mass is 9.97. The van der Waals surface area contributed by atoms with Crippen molar-refractivity contribution in [3.63, 3.8) is 0 Å². The molecule has 1 aromatic rings. The van der Waals surface area contributed by atoms with E-state index in [-0.39, 0.29) is 24.9 Å². The van der Waals surface area contributed by atoms with Gasteiger partial charge in [-0.2, -0.15) is 0 Å². The molecule has 1 amide bonds. The van der Waals surface area contributed by atoms with E-state index in [4.69, 9.17) is 4.74 Å². The highest BCUT2D eigenvalue weighted by atomic mass is 35.5. The molecule has 1 heterocycles. The quantitative estimate of drug-likeness (QED) is 0.904. The maximum absolute atomic E-state index is 12.2. The van der Waals surface area contributed by atoms with Crippen molar-refractivity contribution in [2.24, 2.45) is 5.92 Å². The molecule has 22 heavy (non-hydrogen) atoms. The van der Waals surface area contributed by atoms with Crippen molar-refractivity contribution in [2.45, 2.75) is 26.7 Å². The summed E-state index contributed by atoms with van der Waals surface area (Å²) < 4.78 is 5.70. The first kappa shape index (κ1) is 18.8. The molecule has 2 rings (SSSR count). The van der Waals surface area contributed by atoms with Gasteiger partial charge in [-0.05, 0) is 63.4 Å². The van der Waals surface area contributed by atoms with Gasteiger partial charge in [0.15, 0.2) is 6.61 Å². The van der Waals surface area contributed by atoms with E-state index in [9.17, 15) is 4.79 Å². The van der Waals surface area contributed by atoms with E-state index in [1.165, 1.54) is 0 Å². The number of carbonyl (C=O) groups excluding carboxylic acids is 1. The number of amides is 1. The van der Waals surface area contributed by atoms with Crippen molar-refractivity contribution in [3.8, 4) is 5.75 Å². The number of nitrogens with zero attached hydrogens (tertiary/aromatic N) is 1. The van der Waals surface area contributed by atoms with Gasteiger partial charge in [0, 0.05) is 13.1 Å². The summed E-state index contributed by atoms with van der Waals surface area (Å²) >= 11 is 0. The number of rotatable bonds is 5. The number of nitrogens with one attached hydrogen (secondary N) is 1. The summed E-state index contributed by atoms with van der Waals surface area (Å²) in [4.78, 5) is 14.1. The van der Waals surface area contributed by atoms with Crippen LogP contribution in [0.25, 0.3) is 0 Å². The normalized spacial score (nSPS) is 15.3. The molecule has 0 atom stereocenters. The smallest absolute Gasteiger partial charge is 0.260 e.